The normalized spacial score (nSPS) is 12.9. The van der Waals surface area contributed by atoms with Gasteiger partial charge < -0.3 is 11.1 Å². The number of nitrogens with one attached hydrogen (secondary N) is 1. The van der Waals surface area contributed by atoms with Crippen LogP contribution in [-0.2, 0) is 6.54 Å². The first-order chi connectivity index (χ1) is 8.74. The van der Waals surface area contributed by atoms with Crippen LogP contribution in [-0.4, -0.2) is 13.1 Å². The first kappa shape index (κ1) is 15.2. The Balaban J connectivity index is 2.10. The molecule has 0 aromatic heterocycles. The van der Waals surface area contributed by atoms with Crippen LogP contribution in [0.4, 0.5) is 0 Å². The SMILES string of the molecule is CC(C)C(CCN)CCCNCc1ccccc1. The summed E-state index contributed by atoms with van der Waals surface area (Å²) in [7, 11) is 0. The molecule has 1 rings (SSSR count). The van der Waals surface area contributed by atoms with Crippen molar-refractivity contribution >= 4 is 0 Å². The minimum atomic E-state index is 0.752. The van der Waals surface area contributed by atoms with Crippen LogP contribution in [0.25, 0.3) is 0 Å². The van der Waals surface area contributed by atoms with Gasteiger partial charge in [0.25, 0.3) is 0 Å². The van der Waals surface area contributed by atoms with Crippen molar-refractivity contribution in [1.29, 1.82) is 0 Å². The quantitative estimate of drug-likeness (QED) is 0.659. The van der Waals surface area contributed by atoms with Gasteiger partial charge in [0.05, 0.1) is 0 Å². The molecule has 0 aliphatic carbocycles. The zero-order valence-corrected chi connectivity index (χ0v) is 11.9. The Hall–Kier alpha value is -0.860. The topological polar surface area (TPSA) is 38.0 Å². The highest BCUT2D eigenvalue weighted by Gasteiger charge is 2.11. The van der Waals surface area contributed by atoms with Crippen LogP contribution >= 0.6 is 0 Å². The van der Waals surface area contributed by atoms with Gasteiger partial charge in [-0.15, -0.1) is 0 Å². The second-order valence-corrected chi connectivity index (χ2v) is 5.39. The van der Waals surface area contributed by atoms with Crippen LogP contribution in [0.1, 0.15) is 38.7 Å². The number of nitrogens with two attached hydrogens (primary N) is 1. The van der Waals surface area contributed by atoms with Gasteiger partial charge in [-0.3, -0.25) is 0 Å². The lowest BCUT2D eigenvalue weighted by Gasteiger charge is -2.20. The molecule has 1 aromatic carbocycles. The standard InChI is InChI=1S/C16H28N2/c1-14(2)16(10-11-17)9-6-12-18-13-15-7-4-3-5-8-15/h3-5,7-8,14,16,18H,6,9-13,17H2,1-2H3. The fourth-order valence-corrected chi connectivity index (χ4v) is 2.34. The Bertz CT molecular complexity index is 295. The molecule has 0 saturated heterocycles. The highest BCUT2D eigenvalue weighted by molar-refractivity contribution is 5.14. The molecule has 18 heavy (non-hydrogen) atoms. The molecule has 1 atom stereocenters. The highest BCUT2D eigenvalue weighted by Crippen LogP contribution is 2.19. The first-order valence-corrected chi connectivity index (χ1v) is 7.18. The van der Waals surface area contributed by atoms with E-state index in [1.54, 1.807) is 0 Å². The van der Waals surface area contributed by atoms with Crippen molar-refractivity contribution < 1.29 is 0 Å². The molecule has 0 radical (unpaired) electrons. The van der Waals surface area contributed by atoms with E-state index < -0.39 is 0 Å². The van der Waals surface area contributed by atoms with Crippen LogP contribution in [0.15, 0.2) is 30.3 Å². The third kappa shape index (κ3) is 6.18. The lowest BCUT2D eigenvalue weighted by atomic mass is 9.88. The highest BCUT2D eigenvalue weighted by atomic mass is 14.8. The molecule has 2 nitrogen and oxygen atoms in total. The second-order valence-electron chi connectivity index (χ2n) is 5.39. The summed E-state index contributed by atoms with van der Waals surface area (Å²) < 4.78 is 0. The molecule has 0 aliphatic heterocycles. The lowest BCUT2D eigenvalue weighted by molar-refractivity contribution is 0.331. The van der Waals surface area contributed by atoms with Gasteiger partial charge in [0.1, 0.15) is 0 Å². The van der Waals surface area contributed by atoms with Crippen LogP contribution in [0, 0.1) is 11.8 Å². The molecule has 0 saturated carbocycles. The third-order valence-electron chi connectivity index (χ3n) is 3.58. The van der Waals surface area contributed by atoms with Gasteiger partial charge >= 0.3 is 0 Å². The minimum absolute atomic E-state index is 0.752. The molecule has 0 fully saturated rings. The summed E-state index contributed by atoms with van der Waals surface area (Å²) in [5.41, 5.74) is 7.02. The van der Waals surface area contributed by atoms with Gasteiger partial charge in [-0.1, -0.05) is 44.2 Å². The van der Waals surface area contributed by atoms with Crippen molar-refractivity contribution in [2.75, 3.05) is 13.1 Å². The fourth-order valence-electron chi connectivity index (χ4n) is 2.34. The maximum atomic E-state index is 5.66. The molecule has 3 N–H and O–H groups in total. The Labute approximate surface area is 112 Å². The molecule has 0 bridgehead atoms. The van der Waals surface area contributed by atoms with E-state index in [0.717, 1.165) is 37.9 Å². The van der Waals surface area contributed by atoms with E-state index in [1.807, 2.05) is 0 Å². The summed E-state index contributed by atoms with van der Waals surface area (Å²) in [6.45, 7) is 7.50. The Morgan fingerprint density at radius 3 is 2.44 bits per heavy atom. The van der Waals surface area contributed by atoms with Gasteiger partial charge in [-0.05, 0) is 49.8 Å². The predicted molar refractivity (Wildman–Crippen MR) is 79.4 cm³/mol. The molecule has 0 aliphatic rings. The summed E-state index contributed by atoms with van der Waals surface area (Å²) in [4.78, 5) is 0. The van der Waals surface area contributed by atoms with E-state index in [2.05, 4.69) is 49.5 Å². The lowest BCUT2D eigenvalue weighted by Crippen LogP contribution is -2.19. The van der Waals surface area contributed by atoms with Crippen molar-refractivity contribution in [3.8, 4) is 0 Å². The third-order valence-corrected chi connectivity index (χ3v) is 3.58. The summed E-state index contributed by atoms with van der Waals surface area (Å²) in [5.74, 6) is 1.54. The molecule has 0 amide bonds. The van der Waals surface area contributed by atoms with E-state index >= 15 is 0 Å². The zero-order chi connectivity index (χ0) is 13.2. The number of rotatable bonds is 9. The second kappa shape index (κ2) is 9.12. The van der Waals surface area contributed by atoms with E-state index in [0.29, 0.717) is 0 Å². The molecule has 0 spiro atoms. The maximum absolute atomic E-state index is 5.66. The summed E-state index contributed by atoms with van der Waals surface area (Å²) >= 11 is 0. The van der Waals surface area contributed by atoms with E-state index in [1.165, 1.54) is 18.4 Å². The predicted octanol–water partition coefficient (Wildman–Crippen LogP) is 3.18. The molecule has 1 aromatic rings. The van der Waals surface area contributed by atoms with Crippen molar-refractivity contribution in [2.45, 2.75) is 39.7 Å². The van der Waals surface area contributed by atoms with Crippen LogP contribution in [0.5, 0.6) is 0 Å². The van der Waals surface area contributed by atoms with Gasteiger partial charge in [0.2, 0.25) is 0 Å². The van der Waals surface area contributed by atoms with Crippen LogP contribution in [0.2, 0.25) is 0 Å². The van der Waals surface area contributed by atoms with E-state index in [-0.39, 0.29) is 0 Å². The van der Waals surface area contributed by atoms with Crippen molar-refractivity contribution in [2.24, 2.45) is 17.6 Å². The van der Waals surface area contributed by atoms with Gasteiger partial charge in [-0.2, -0.15) is 0 Å². The Kier molecular flexibility index (Phi) is 7.70. The zero-order valence-electron chi connectivity index (χ0n) is 11.9. The fraction of sp³-hybridized carbons (Fsp3) is 0.625. The number of hydrogen-bond donors (Lipinski definition) is 2. The van der Waals surface area contributed by atoms with Crippen molar-refractivity contribution in [3.63, 3.8) is 0 Å². The van der Waals surface area contributed by atoms with Crippen LogP contribution < -0.4 is 11.1 Å². The van der Waals surface area contributed by atoms with Gasteiger partial charge in [-0.25, -0.2) is 0 Å². The maximum Gasteiger partial charge on any atom is 0.0205 e. The Morgan fingerprint density at radius 2 is 1.83 bits per heavy atom. The number of benzene rings is 1. The molecular formula is C16H28N2. The van der Waals surface area contributed by atoms with Crippen LogP contribution in [0.3, 0.4) is 0 Å². The monoisotopic (exact) mass is 248 g/mol. The molecule has 102 valence electrons. The first-order valence-electron chi connectivity index (χ1n) is 7.18. The summed E-state index contributed by atoms with van der Waals surface area (Å²) in [6.07, 6.45) is 3.70. The molecule has 2 heteroatoms. The van der Waals surface area contributed by atoms with E-state index in [4.69, 9.17) is 5.73 Å². The molecule has 1 unspecified atom stereocenters. The summed E-state index contributed by atoms with van der Waals surface area (Å²) in [5, 5.41) is 3.51. The average Bonchev–Trinajstić information content (AvgIpc) is 2.38. The van der Waals surface area contributed by atoms with Gasteiger partial charge in [0, 0.05) is 6.54 Å². The average molecular weight is 248 g/mol. The minimum Gasteiger partial charge on any atom is -0.330 e. The van der Waals surface area contributed by atoms with Gasteiger partial charge in [0.15, 0.2) is 0 Å². The molecule has 0 heterocycles. The molecular weight excluding hydrogens is 220 g/mol. The largest absolute Gasteiger partial charge is 0.330 e. The summed E-state index contributed by atoms with van der Waals surface area (Å²) in [6, 6.07) is 10.6. The van der Waals surface area contributed by atoms with Crippen molar-refractivity contribution in [3.05, 3.63) is 35.9 Å². The smallest absolute Gasteiger partial charge is 0.0205 e. The Morgan fingerprint density at radius 1 is 1.11 bits per heavy atom. The van der Waals surface area contributed by atoms with E-state index in [9.17, 15) is 0 Å². The number of hydrogen-bond acceptors (Lipinski definition) is 2. The van der Waals surface area contributed by atoms with Crippen molar-refractivity contribution in [1.82, 2.24) is 5.32 Å².